The molecule has 2 bridgehead atoms. The lowest BCUT2D eigenvalue weighted by molar-refractivity contribution is -0.117. The van der Waals surface area contributed by atoms with Crippen LogP contribution in [0.15, 0.2) is 36.4 Å². The number of rotatable bonds is 3. The Bertz CT molecular complexity index is 457. The standard InChI is InChI=1S/C16H20N2O/c19-16(9-6-12-4-2-1-3-5-12)18-15-10-13-7-8-14(11-15)17-13/h1-6,9,13-15,17H,7-8,10-11H2,(H,18,19)/b9-6+. The molecular weight excluding hydrogens is 236 g/mol. The van der Waals surface area contributed by atoms with Gasteiger partial charge in [-0.15, -0.1) is 0 Å². The van der Waals surface area contributed by atoms with Gasteiger partial charge in [-0.2, -0.15) is 0 Å². The van der Waals surface area contributed by atoms with Gasteiger partial charge in [-0.3, -0.25) is 4.79 Å². The van der Waals surface area contributed by atoms with E-state index in [2.05, 4.69) is 10.6 Å². The van der Waals surface area contributed by atoms with Crippen LogP contribution in [0.4, 0.5) is 0 Å². The number of nitrogens with one attached hydrogen (secondary N) is 2. The lowest BCUT2D eigenvalue weighted by Gasteiger charge is -2.29. The molecule has 2 unspecified atom stereocenters. The summed E-state index contributed by atoms with van der Waals surface area (Å²) in [6, 6.07) is 11.5. The summed E-state index contributed by atoms with van der Waals surface area (Å²) in [5, 5.41) is 6.71. The summed E-state index contributed by atoms with van der Waals surface area (Å²) >= 11 is 0. The van der Waals surface area contributed by atoms with E-state index in [1.165, 1.54) is 12.8 Å². The number of fused-ring (bicyclic) bond motifs is 2. The molecule has 1 amide bonds. The zero-order valence-corrected chi connectivity index (χ0v) is 11.0. The second-order valence-corrected chi connectivity index (χ2v) is 5.56. The van der Waals surface area contributed by atoms with E-state index in [4.69, 9.17) is 0 Å². The smallest absolute Gasteiger partial charge is 0.244 e. The van der Waals surface area contributed by atoms with Crippen LogP contribution < -0.4 is 10.6 Å². The van der Waals surface area contributed by atoms with Gasteiger partial charge in [0.25, 0.3) is 0 Å². The summed E-state index contributed by atoms with van der Waals surface area (Å²) in [5.74, 6) is 0.0233. The van der Waals surface area contributed by atoms with Crippen LogP contribution in [0.2, 0.25) is 0 Å². The minimum absolute atomic E-state index is 0.0233. The van der Waals surface area contributed by atoms with Crippen molar-refractivity contribution in [3.63, 3.8) is 0 Å². The molecule has 2 heterocycles. The third kappa shape index (κ3) is 3.24. The Hall–Kier alpha value is -1.61. The number of amides is 1. The second-order valence-electron chi connectivity index (χ2n) is 5.56. The van der Waals surface area contributed by atoms with E-state index in [1.807, 2.05) is 36.4 Å². The van der Waals surface area contributed by atoms with Crippen molar-refractivity contribution in [3.8, 4) is 0 Å². The molecular formula is C16H20N2O. The fraction of sp³-hybridized carbons (Fsp3) is 0.438. The fourth-order valence-electron chi connectivity index (χ4n) is 3.16. The number of carbonyl (C=O) groups excluding carboxylic acids is 1. The summed E-state index contributed by atoms with van der Waals surface area (Å²) < 4.78 is 0. The van der Waals surface area contributed by atoms with Crippen molar-refractivity contribution in [2.24, 2.45) is 0 Å². The molecule has 2 fully saturated rings. The zero-order valence-electron chi connectivity index (χ0n) is 11.0. The van der Waals surface area contributed by atoms with Crippen molar-refractivity contribution in [2.75, 3.05) is 0 Å². The molecule has 0 aliphatic carbocycles. The fourth-order valence-corrected chi connectivity index (χ4v) is 3.16. The van der Waals surface area contributed by atoms with Gasteiger partial charge in [-0.25, -0.2) is 0 Å². The lowest BCUT2D eigenvalue weighted by Crippen LogP contribution is -2.47. The summed E-state index contributed by atoms with van der Waals surface area (Å²) in [5.41, 5.74) is 1.06. The van der Waals surface area contributed by atoms with E-state index < -0.39 is 0 Å². The first-order chi connectivity index (χ1) is 9.29. The van der Waals surface area contributed by atoms with Gasteiger partial charge < -0.3 is 10.6 Å². The summed E-state index contributed by atoms with van der Waals surface area (Å²) in [6.07, 6.45) is 8.17. The molecule has 1 aromatic rings. The number of benzene rings is 1. The molecule has 19 heavy (non-hydrogen) atoms. The average molecular weight is 256 g/mol. The van der Waals surface area contributed by atoms with Gasteiger partial charge >= 0.3 is 0 Å². The van der Waals surface area contributed by atoms with Gasteiger partial charge in [0.2, 0.25) is 5.91 Å². The molecule has 0 radical (unpaired) electrons. The highest BCUT2D eigenvalue weighted by Gasteiger charge is 2.33. The predicted octanol–water partition coefficient (Wildman–Crippen LogP) is 2.10. The normalized spacial score (nSPS) is 29.6. The SMILES string of the molecule is O=C(/C=C/c1ccccc1)NC1CC2CCC(C1)N2. The Morgan fingerprint density at radius 1 is 1.16 bits per heavy atom. The lowest BCUT2D eigenvalue weighted by atomic mass is 10.00. The van der Waals surface area contributed by atoms with Crippen LogP contribution in [0.3, 0.4) is 0 Å². The van der Waals surface area contributed by atoms with Gasteiger partial charge in [0.1, 0.15) is 0 Å². The maximum Gasteiger partial charge on any atom is 0.244 e. The van der Waals surface area contributed by atoms with Crippen LogP contribution >= 0.6 is 0 Å². The van der Waals surface area contributed by atoms with Gasteiger partial charge in [-0.1, -0.05) is 30.3 Å². The predicted molar refractivity (Wildman–Crippen MR) is 76.6 cm³/mol. The average Bonchev–Trinajstić information content (AvgIpc) is 2.77. The molecule has 2 saturated heterocycles. The van der Waals surface area contributed by atoms with E-state index in [1.54, 1.807) is 6.08 Å². The first-order valence-corrected chi connectivity index (χ1v) is 7.09. The minimum Gasteiger partial charge on any atom is -0.350 e. The first-order valence-electron chi connectivity index (χ1n) is 7.09. The summed E-state index contributed by atoms with van der Waals surface area (Å²) in [4.78, 5) is 11.9. The minimum atomic E-state index is 0.0233. The Kier molecular flexibility index (Phi) is 3.65. The second kappa shape index (κ2) is 5.57. The first kappa shape index (κ1) is 12.4. The number of piperidine rings is 1. The molecule has 3 heteroatoms. The van der Waals surface area contributed by atoms with Gasteiger partial charge in [0, 0.05) is 24.2 Å². The largest absolute Gasteiger partial charge is 0.350 e. The molecule has 0 aromatic heterocycles. The van der Waals surface area contributed by atoms with Crippen molar-refractivity contribution in [2.45, 2.75) is 43.8 Å². The third-order valence-electron chi connectivity index (χ3n) is 4.05. The van der Waals surface area contributed by atoms with Crippen LogP contribution in [0.25, 0.3) is 6.08 Å². The molecule has 3 rings (SSSR count). The number of hydrogen-bond donors (Lipinski definition) is 2. The molecule has 1 aromatic carbocycles. The number of carbonyl (C=O) groups is 1. The maximum atomic E-state index is 11.9. The van der Waals surface area contributed by atoms with Crippen molar-refractivity contribution in [3.05, 3.63) is 42.0 Å². The van der Waals surface area contributed by atoms with Crippen LogP contribution in [-0.2, 0) is 4.79 Å². The highest BCUT2D eigenvalue weighted by molar-refractivity contribution is 5.91. The highest BCUT2D eigenvalue weighted by Crippen LogP contribution is 2.26. The molecule has 0 spiro atoms. The Morgan fingerprint density at radius 2 is 1.84 bits per heavy atom. The van der Waals surface area contributed by atoms with E-state index >= 15 is 0 Å². The van der Waals surface area contributed by atoms with Crippen molar-refractivity contribution >= 4 is 12.0 Å². The molecule has 0 saturated carbocycles. The molecule has 2 atom stereocenters. The Morgan fingerprint density at radius 3 is 2.53 bits per heavy atom. The Labute approximate surface area is 114 Å². The van der Waals surface area contributed by atoms with Crippen LogP contribution in [0.1, 0.15) is 31.2 Å². The van der Waals surface area contributed by atoms with E-state index in [-0.39, 0.29) is 5.91 Å². The molecule has 2 N–H and O–H groups in total. The monoisotopic (exact) mass is 256 g/mol. The van der Waals surface area contributed by atoms with Crippen LogP contribution in [-0.4, -0.2) is 24.0 Å². The molecule has 3 nitrogen and oxygen atoms in total. The summed E-state index contributed by atoms with van der Waals surface area (Å²) in [7, 11) is 0. The van der Waals surface area contributed by atoms with Crippen molar-refractivity contribution in [1.29, 1.82) is 0 Å². The topological polar surface area (TPSA) is 41.1 Å². The zero-order chi connectivity index (χ0) is 13.1. The van der Waals surface area contributed by atoms with Crippen molar-refractivity contribution < 1.29 is 4.79 Å². The summed E-state index contributed by atoms with van der Waals surface area (Å²) in [6.45, 7) is 0. The van der Waals surface area contributed by atoms with Gasteiger partial charge in [0.15, 0.2) is 0 Å². The highest BCUT2D eigenvalue weighted by atomic mass is 16.1. The molecule has 2 aliphatic rings. The maximum absolute atomic E-state index is 11.9. The number of hydrogen-bond acceptors (Lipinski definition) is 2. The van der Waals surface area contributed by atoms with Gasteiger partial charge in [-0.05, 0) is 37.3 Å². The third-order valence-corrected chi connectivity index (χ3v) is 4.05. The van der Waals surface area contributed by atoms with Crippen molar-refractivity contribution in [1.82, 2.24) is 10.6 Å². The molecule has 2 aliphatic heterocycles. The van der Waals surface area contributed by atoms with Gasteiger partial charge in [0.05, 0.1) is 0 Å². The Balaban J connectivity index is 1.53. The van der Waals surface area contributed by atoms with Crippen LogP contribution in [0, 0.1) is 0 Å². The van der Waals surface area contributed by atoms with E-state index in [0.717, 1.165) is 18.4 Å². The quantitative estimate of drug-likeness (QED) is 0.813. The molecule has 100 valence electrons. The van der Waals surface area contributed by atoms with E-state index in [0.29, 0.717) is 18.1 Å². The van der Waals surface area contributed by atoms with E-state index in [9.17, 15) is 4.79 Å². The van der Waals surface area contributed by atoms with Crippen LogP contribution in [0.5, 0.6) is 0 Å².